The fourth-order valence-electron chi connectivity index (χ4n) is 16.2. The van der Waals surface area contributed by atoms with E-state index in [-0.39, 0.29) is 47.5 Å². The Bertz CT molecular complexity index is 5870. The predicted molar refractivity (Wildman–Crippen MR) is 508 cm³/mol. The third-order valence-corrected chi connectivity index (χ3v) is 23.0. The largest absolute Gasteiger partial charge is 0.351 e. The first-order valence-corrected chi connectivity index (χ1v) is 43.4. The van der Waals surface area contributed by atoms with Crippen molar-refractivity contribution >= 4 is 114 Å². The van der Waals surface area contributed by atoms with Gasteiger partial charge in [0.2, 0.25) is 11.1 Å². The van der Waals surface area contributed by atoms with Crippen LogP contribution in [0.15, 0.2) is 189 Å². The van der Waals surface area contributed by atoms with E-state index in [1.165, 1.54) is 35.4 Å². The van der Waals surface area contributed by atoms with Crippen LogP contribution < -0.4 is 30.7 Å². The Hall–Kier alpha value is -10.6. The summed E-state index contributed by atoms with van der Waals surface area (Å²) in [6.45, 7) is 33.9. The molecule has 0 spiro atoms. The quantitative estimate of drug-likeness (QED) is 0.0394. The monoisotopic (exact) mass is 1750 g/mol. The first-order valence-electron chi connectivity index (χ1n) is 41.9. The van der Waals surface area contributed by atoms with Crippen LogP contribution in [0.5, 0.6) is 0 Å². The summed E-state index contributed by atoms with van der Waals surface area (Å²) in [7, 11) is 11.9. The molecule has 15 rings (SSSR count). The average Bonchev–Trinajstić information content (AvgIpc) is 0.746. The molecule has 18 nitrogen and oxygen atoms in total. The molecule has 0 unspecified atom stereocenters. The number of hydrogen-bond acceptors (Lipinski definition) is 17. The molecule has 25 heteroatoms. The molecule has 3 aliphatic heterocycles. The van der Waals surface area contributed by atoms with Crippen LogP contribution in [0.25, 0.3) is 99.9 Å². The van der Waals surface area contributed by atoms with Gasteiger partial charge in [-0.2, -0.15) is 0 Å². The number of carbonyl (C=O) groups excluding carboxylic acids is 3. The van der Waals surface area contributed by atoms with Gasteiger partial charge in [0.05, 0.1) is 60.1 Å². The van der Waals surface area contributed by atoms with E-state index in [9.17, 15) is 23.2 Å². The molecule has 3 N–H and O–H groups in total. The number of nitrogens with one attached hydrogen (secondary N) is 3. The summed E-state index contributed by atoms with van der Waals surface area (Å²) in [5, 5.41) is 12.6. The molecule has 1 amide bonds. The van der Waals surface area contributed by atoms with Gasteiger partial charge >= 0.3 is 0 Å². The van der Waals surface area contributed by atoms with Crippen LogP contribution in [0.1, 0.15) is 119 Å². The molecule has 3 aliphatic rings. The lowest BCUT2D eigenvalue weighted by atomic mass is 9.90. The number of pyridine rings is 6. The van der Waals surface area contributed by atoms with Gasteiger partial charge in [-0.3, -0.25) is 14.4 Å². The standard InChI is InChI=1S/C34H37ClFN5O.C31H35ClFN5.C29H28ClFN4O.C3H3ClO.C2H7N/c1-7-30(42)40-16-17-41(22(4)19-40)34-26-18-27(35)32(25-14-10-11-15-28(25)36)38-33(26)31(29(37-34)20-39(5)6)24-13-9-8-12-23(24)21(2)3;1-19(2)21-10-6-7-11-22(21)28-27(18-37(4)5)35-31(38-15-14-34-17-20(38)3)24-16-25(32)29(36-30(24)28)23-12-8-9-13-26(23)33;1-17(2)19-8-4-5-9-20(19)26-25(16-36)33-29(35-13-12-32-15-18(35)3)22-14-23(30)27(34-28(22)26)21-10-6-7-11-24(21)31;1-2-3(4)5;1-3-2/h7-15,18,21-22H,1,16-17,19-20H2,2-6H3;6-13,16,19-20,34H,14-15,17-18H2,1-5H3;4-11,14,16-18,32H,12-13,15H2,1-3H3;2H,1H2;3H,1-2H3/t22-;20-;18-;;/m000../s1. The van der Waals surface area contributed by atoms with E-state index >= 15 is 4.39 Å². The molecule has 0 radical (unpaired) electrons. The summed E-state index contributed by atoms with van der Waals surface area (Å²) in [5.74, 6) is 1.88. The highest BCUT2D eigenvalue weighted by Crippen LogP contribution is 2.47. The van der Waals surface area contributed by atoms with Crippen molar-refractivity contribution in [2.45, 2.75) is 111 Å². The van der Waals surface area contributed by atoms with E-state index in [2.05, 4.69) is 179 Å². The molecule has 12 aromatic rings. The highest BCUT2D eigenvalue weighted by molar-refractivity contribution is 6.66. The molecule has 6 aromatic heterocycles. The van der Waals surface area contributed by atoms with Gasteiger partial charge in [0.1, 0.15) is 40.6 Å². The number of anilines is 3. The Morgan fingerprint density at radius 1 is 0.476 bits per heavy atom. The third-order valence-electron chi connectivity index (χ3n) is 22.0. The summed E-state index contributed by atoms with van der Waals surface area (Å²) >= 11 is 25.2. The predicted octanol–water partition coefficient (Wildman–Crippen LogP) is 21.2. The smallest absolute Gasteiger partial charge is 0.246 e. The van der Waals surface area contributed by atoms with Crippen LogP contribution in [0, 0.1) is 17.5 Å². The minimum absolute atomic E-state index is 0.00984. The first-order chi connectivity index (χ1) is 59.4. The van der Waals surface area contributed by atoms with Gasteiger partial charge in [0, 0.05) is 140 Å². The SMILES string of the molecule is C=CC(=O)Cl.C=CC(=O)N1CCN(c2nc(CN(C)C)c(-c3ccccc3C(C)C)c3nc(-c4ccccc4F)c(Cl)cc23)[C@@H](C)C1.CC(C)c1ccccc1-c1c(C=O)nc(N2CCNC[C@@H]2C)c2cc(Cl)c(-c3ccccc3F)nc12.CC(C)c1ccccc1-c1c(CN(C)C)nc(N2CCNC[C@@H]2C)c2cc(Cl)c(-c3ccccc3F)nc12.CNC. The Balaban J connectivity index is 0.000000174. The van der Waals surface area contributed by atoms with Crippen LogP contribution in [-0.2, 0) is 22.7 Å². The van der Waals surface area contributed by atoms with Gasteiger partial charge in [-0.05, 0) is 193 Å². The summed E-state index contributed by atoms with van der Waals surface area (Å²) in [6.07, 6.45) is 3.20. The van der Waals surface area contributed by atoms with Crippen LogP contribution in [-0.4, -0.2) is 181 Å². The molecule has 3 fully saturated rings. The van der Waals surface area contributed by atoms with Gasteiger partial charge in [0.15, 0.2) is 6.29 Å². The van der Waals surface area contributed by atoms with Crippen LogP contribution in [0.3, 0.4) is 0 Å². The maximum absolute atomic E-state index is 15.1. The molecular formula is C99H110Cl4F3N15O3. The number of benzene rings is 6. The highest BCUT2D eigenvalue weighted by atomic mass is 35.5. The summed E-state index contributed by atoms with van der Waals surface area (Å²) in [6, 6.07) is 50.5. The number of nitrogens with zero attached hydrogens (tertiary/aromatic N) is 12. The van der Waals surface area contributed by atoms with Gasteiger partial charge in [0.25, 0.3) is 0 Å². The van der Waals surface area contributed by atoms with Crippen molar-refractivity contribution < 1.29 is 27.6 Å². The number of halogens is 7. The fourth-order valence-corrected chi connectivity index (χ4v) is 16.9. The van der Waals surface area contributed by atoms with Crippen molar-refractivity contribution in [3.8, 4) is 67.2 Å². The van der Waals surface area contributed by atoms with Crippen LogP contribution in [0.2, 0.25) is 15.1 Å². The van der Waals surface area contributed by atoms with E-state index in [1.807, 2.05) is 81.6 Å². The van der Waals surface area contributed by atoms with Gasteiger partial charge in [-0.15, -0.1) is 0 Å². The molecule has 3 atom stereocenters. The zero-order chi connectivity index (χ0) is 89.5. The maximum Gasteiger partial charge on any atom is 0.246 e. The number of aromatic nitrogens is 6. The second-order valence-corrected chi connectivity index (χ2v) is 34.2. The molecule has 0 aliphatic carbocycles. The van der Waals surface area contributed by atoms with Crippen molar-refractivity contribution in [1.29, 1.82) is 0 Å². The number of hydrogen-bond donors (Lipinski definition) is 3. The number of amides is 1. The van der Waals surface area contributed by atoms with E-state index in [1.54, 1.807) is 48.5 Å². The van der Waals surface area contributed by atoms with E-state index in [4.69, 9.17) is 76.3 Å². The molecule has 6 aromatic carbocycles. The Kier molecular flexibility index (Phi) is 32.6. The van der Waals surface area contributed by atoms with Crippen molar-refractivity contribution in [3.63, 3.8) is 0 Å². The molecule has 3 saturated heterocycles. The van der Waals surface area contributed by atoms with Crippen molar-refractivity contribution in [3.05, 3.63) is 255 Å². The number of aldehydes is 1. The van der Waals surface area contributed by atoms with Crippen molar-refractivity contribution in [2.75, 3.05) is 116 Å². The normalized spacial score (nSPS) is 15.3. The second kappa shape index (κ2) is 42.9. The Morgan fingerprint density at radius 2 is 0.790 bits per heavy atom. The molecule has 648 valence electrons. The van der Waals surface area contributed by atoms with E-state index in [0.29, 0.717) is 110 Å². The maximum atomic E-state index is 15.1. The lowest BCUT2D eigenvalue weighted by molar-refractivity contribution is -0.126. The third kappa shape index (κ3) is 21.3. The second-order valence-electron chi connectivity index (χ2n) is 32.6. The fraction of sp³-hybridized carbons (Fsp3) is 0.323. The summed E-state index contributed by atoms with van der Waals surface area (Å²) < 4.78 is 44.9. The zero-order valence-corrected chi connectivity index (χ0v) is 76.2. The minimum Gasteiger partial charge on any atom is -0.351 e. The zero-order valence-electron chi connectivity index (χ0n) is 73.2. The Morgan fingerprint density at radius 3 is 1.10 bits per heavy atom. The number of fused-ring (bicyclic) bond motifs is 3. The number of carbonyl (C=O) groups is 3. The number of allylic oxidation sites excluding steroid dienone is 1. The van der Waals surface area contributed by atoms with Gasteiger partial charge < -0.3 is 45.3 Å². The minimum atomic E-state index is -0.509. The molecule has 124 heavy (non-hydrogen) atoms. The lowest BCUT2D eigenvalue weighted by Gasteiger charge is -2.41. The summed E-state index contributed by atoms with van der Waals surface area (Å²) in [5.41, 5.74) is 15.6. The number of rotatable bonds is 19. The van der Waals surface area contributed by atoms with Crippen molar-refractivity contribution in [1.82, 2.24) is 60.6 Å². The van der Waals surface area contributed by atoms with Crippen LogP contribution in [0.4, 0.5) is 30.6 Å². The average molecular weight is 1760 g/mol. The van der Waals surface area contributed by atoms with Gasteiger partial charge in [-0.25, -0.2) is 43.1 Å². The molecular weight excluding hydrogens is 1650 g/mol. The molecule has 0 saturated carbocycles. The summed E-state index contributed by atoms with van der Waals surface area (Å²) in [4.78, 5) is 78.0. The van der Waals surface area contributed by atoms with Gasteiger partial charge in [-0.1, -0.05) is 199 Å². The first kappa shape index (κ1) is 94.1. The van der Waals surface area contributed by atoms with Crippen LogP contribution >= 0.6 is 46.4 Å². The molecule has 9 heterocycles. The van der Waals surface area contributed by atoms with Crippen molar-refractivity contribution in [2.24, 2.45) is 0 Å². The lowest BCUT2D eigenvalue weighted by Crippen LogP contribution is -2.53. The van der Waals surface area contributed by atoms with E-state index < -0.39 is 11.1 Å². The topological polar surface area (TPSA) is 184 Å². The Labute approximate surface area is 747 Å². The molecule has 0 bridgehead atoms. The van der Waals surface area contributed by atoms with E-state index in [0.717, 1.165) is 135 Å². The highest BCUT2D eigenvalue weighted by Gasteiger charge is 2.34. The number of piperazine rings is 3.